The molecule has 14 heavy (non-hydrogen) atoms. The predicted molar refractivity (Wildman–Crippen MR) is 62.1 cm³/mol. The Kier molecular flexibility index (Phi) is 2.29. The number of nitrogens with zero attached hydrogens (tertiary/aromatic N) is 1. The molecule has 0 aliphatic carbocycles. The van der Waals surface area contributed by atoms with Gasteiger partial charge in [0.15, 0.2) is 0 Å². The fourth-order valence-electron chi connectivity index (χ4n) is 1.78. The zero-order chi connectivity index (χ0) is 10.3. The van der Waals surface area contributed by atoms with E-state index in [4.69, 9.17) is 0 Å². The molecule has 0 atom stereocenters. The topological polar surface area (TPSA) is 12.9 Å². The van der Waals surface area contributed by atoms with Crippen molar-refractivity contribution in [3.63, 3.8) is 0 Å². The van der Waals surface area contributed by atoms with E-state index in [0.717, 1.165) is 0 Å². The molecule has 0 aromatic carbocycles. The first-order valence-corrected chi connectivity index (χ1v) is 6.55. The fourth-order valence-corrected chi connectivity index (χ4v) is 4.37. The summed E-state index contributed by atoms with van der Waals surface area (Å²) in [6, 6.07) is 2.16. The van der Waals surface area contributed by atoms with Gasteiger partial charge in [-0.2, -0.15) is 0 Å². The summed E-state index contributed by atoms with van der Waals surface area (Å²) in [6.07, 6.45) is 3.91. The van der Waals surface area contributed by atoms with Gasteiger partial charge in [0, 0.05) is 0 Å². The van der Waals surface area contributed by atoms with Crippen LogP contribution >= 0.6 is 0 Å². The van der Waals surface area contributed by atoms with E-state index in [-0.39, 0.29) is 0 Å². The van der Waals surface area contributed by atoms with Crippen LogP contribution in [0.25, 0.3) is 9.65 Å². The minimum atomic E-state index is 0.309. The monoisotopic (exact) mass is 253 g/mol. The van der Waals surface area contributed by atoms with E-state index in [1.165, 1.54) is 15.2 Å². The summed E-state index contributed by atoms with van der Waals surface area (Å²) in [5.41, 5.74) is 1.77. The Morgan fingerprint density at radius 1 is 1.29 bits per heavy atom. The summed E-state index contributed by atoms with van der Waals surface area (Å²) in [5, 5.41) is 1.37. The van der Waals surface area contributed by atoms with E-state index in [0.29, 0.717) is 19.9 Å². The average Bonchev–Trinajstić information content (AvgIpc) is 2.44. The molecule has 2 rings (SSSR count). The molecule has 0 unspecified atom stereocenters. The Labute approximate surface area is 90.9 Å². The van der Waals surface area contributed by atoms with E-state index in [2.05, 4.69) is 38.7 Å². The van der Waals surface area contributed by atoms with Gasteiger partial charge in [-0.1, -0.05) is 0 Å². The summed E-state index contributed by atoms with van der Waals surface area (Å²) in [4.78, 5) is 4.20. The molecular formula is C12H15NSe. The second-order valence-electron chi connectivity index (χ2n) is 4.68. The molecule has 0 spiro atoms. The molecule has 0 amide bonds. The summed E-state index contributed by atoms with van der Waals surface area (Å²) in [5.74, 6) is 0. The molecule has 0 fully saturated rings. The number of hydrogen-bond donors (Lipinski definition) is 0. The van der Waals surface area contributed by atoms with Gasteiger partial charge in [0.1, 0.15) is 0 Å². The molecular weight excluding hydrogens is 237 g/mol. The van der Waals surface area contributed by atoms with Crippen molar-refractivity contribution in [3.8, 4) is 0 Å². The molecule has 1 nitrogen and oxygen atoms in total. The van der Waals surface area contributed by atoms with Crippen LogP contribution in [0, 0.1) is 6.92 Å². The maximum absolute atomic E-state index is 4.20. The molecule has 2 aromatic heterocycles. The molecule has 0 saturated heterocycles. The Morgan fingerprint density at radius 3 is 2.57 bits per heavy atom. The quantitative estimate of drug-likeness (QED) is 0.657. The van der Waals surface area contributed by atoms with Crippen molar-refractivity contribution in [2.75, 3.05) is 0 Å². The second-order valence-corrected chi connectivity index (χ2v) is 6.89. The van der Waals surface area contributed by atoms with Crippen molar-refractivity contribution in [2.45, 2.75) is 33.1 Å². The first-order chi connectivity index (χ1) is 6.50. The van der Waals surface area contributed by atoms with Crippen molar-refractivity contribution < 1.29 is 0 Å². The van der Waals surface area contributed by atoms with E-state index in [9.17, 15) is 0 Å². The summed E-state index contributed by atoms with van der Waals surface area (Å²) in [7, 11) is 0. The first kappa shape index (κ1) is 9.95. The Balaban J connectivity index is 2.75. The van der Waals surface area contributed by atoms with Crippen LogP contribution in [0.4, 0.5) is 0 Å². The van der Waals surface area contributed by atoms with Gasteiger partial charge >= 0.3 is 90.7 Å². The van der Waals surface area contributed by atoms with E-state index in [1.54, 1.807) is 4.44 Å². The van der Waals surface area contributed by atoms with Crippen LogP contribution in [0.15, 0.2) is 18.5 Å². The van der Waals surface area contributed by atoms with Crippen molar-refractivity contribution in [2.24, 2.45) is 0 Å². The van der Waals surface area contributed by atoms with Crippen LogP contribution in [-0.4, -0.2) is 19.5 Å². The van der Waals surface area contributed by atoms with E-state index >= 15 is 0 Å². The predicted octanol–water partition coefficient (Wildman–Crippen LogP) is 2.90. The molecule has 2 heterocycles. The van der Waals surface area contributed by atoms with Crippen LogP contribution in [0.5, 0.6) is 0 Å². The van der Waals surface area contributed by atoms with Crippen molar-refractivity contribution in [3.05, 3.63) is 28.5 Å². The average molecular weight is 252 g/mol. The zero-order valence-electron chi connectivity index (χ0n) is 9.09. The normalized spacial score (nSPS) is 12.3. The molecule has 2 heteroatoms. The third kappa shape index (κ3) is 1.53. The van der Waals surface area contributed by atoms with Gasteiger partial charge in [-0.25, -0.2) is 0 Å². The van der Waals surface area contributed by atoms with Crippen LogP contribution in [0.2, 0.25) is 0 Å². The second kappa shape index (κ2) is 3.22. The Hall–Kier alpha value is -0.591. The van der Waals surface area contributed by atoms with Crippen LogP contribution in [0.1, 0.15) is 30.8 Å². The van der Waals surface area contributed by atoms with Gasteiger partial charge in [0.05, 0.1) is 0 Å². The molecule has 74 valence electrons. The third-order valence-corrected chi connectivity index (χ3v) is 5.98. The van der Waals surface area contributed by atoms with Gasteiger partial charge in [0.2, 0.25) is 0 Å². The maximum atomic E-state index is 4.20. The van der Waals surface area contributed by atoms with Crippen molar-refractivity contribution in [1.29, 1.82) is 0 Å². The molecule has 0 aliphatic rings. The Bertz CT molecular complexity index is 463. The molecule has 0 N–H and O–H groups in total. The van der Waals surface area contributed by atoms with Gasteiger partial charge in [-0.3, -0.25) is 0 Å². The van der Waals surface area contributed by atoms with Crippen molar-refractivity contribution in [1.82, 2.24) is 4.98 Å². The minimum absolute atomic E-state index is 0.309. The van der Waals surface area contributed by atoms with Gasteiger partial charge in [-0.15, -0.1) is 0 Å². The standard InChI is InChI=1S/C12H15NSe/c1-8-9-7-13-6-5-10(9)14-11(8)12(2,3)4/h5-7H,1-4H3. The SMILES string of the molecule is Cc1c(C(C)(C)C)[se]c2ccncc12. The van der Waals surface area contributed by atoms with Crippen LogP contribution in [-0.2, 0) is 5.41 Å². The summed E-state index contributed by atoms with van der Waals surface area (Å²) >= 11 is 0.514. The number of aromatic nitrogens is 1. The molecule has 0 radical (unpaired) electrons. The molecule has 2 aromatic rings. The number of aryl methyl sites for hydroxylation is 1. The molecule has 0 bridgehead atoms. The Morgan fingerprint density at radius 2 is 2.00 bits per heavy atom. The third-order valence-electron chi connectivity index (χ3n) is 2.42. The fraction of sp³-hybridized carbons (Fsp3) is 0.417. The zero-order valence-corrected chi connectivity index (χ0v) is 10.8. The number of fused-ring (bicyclic) bond motifs is 1. The first-order valence-electron chi connectivity index (χ1n) is 4.84. The van der Waals surface area contributed by atoms with Gasteiger partial charge in [0.25, 0.3) is 0 Å². The van der Waals surface area contributed by atoms with E-state index < -0.39 is 0 Å². The molecule has 0 saturated carbocycles. The van der Waals surface area contributed by atoms with Crippen LogP contribution < -0.4 is 0 Å². The van der Waals surface area contributed by atoms with Crippen molar-refractivity contribution >= 4 is 24.1 Å². The number of hydrogen-bond acceptors (Lipinski definition) is 1. The van der Waals surface area contributed by atoms with Gasteiger partial charge < -0.3 is 0 Å². The van der Waals surface area contributed by atoms with Crippen LogP contribution in [0.3, 0.4) is 0 Å². The summed E-state index contributed by atoms with van der Waals surface area (Å²) < 4.78 is 3.11. The summed E-state index contributed by atoms with van der Waals surface area (Å²) in [6.45, 7) is 9.13. The number of pyridine rings is 1. The number of rotatable bonds is 0. The van der Waals surface area contributed by atoms with E-state index in [1.807, 2.05) is 12.4 Å². The molecule has 0 aliphatic heterocycles. The van der Waals surface area contributed by atoms with Gasteiger partial charge in [-0.05, 0) is 0 Å².